The quantitative estimate of drug-likeness (QED) is 0.729. The molecule has 1 heterocycles. The number of hydrogen-bond donors (Lipinski definition) is 0. The van der Waals surface area contributed by atoms with Crippen LogP contribution >= 0.6 is 0 Å². The topological polar surface area (TPSA) is 30.0 Å². The zero-order valence-electron chi connectivity index (χ0n) is 8.42. The van der Waals surface area contributed by atoms with E-state index in [1.54, 1.807) is 0 Å². The molecule has 1 aliphatic rings. The molecular weight excluding hydrogens is 219 g/mol. The lowest BCUT2D eigenvalue weighted by Crippen LogP contribution is -2.15. The first-order chi connectivity index (χ1) is 7.52. The molecular formula is C11H10F3NO. The Morgan fingerprint density at radius 3 is 2.50 bits per heavy atom. The predicted octanol–water partition coefficient (Wildman–Crippen LogP) is 3.18. The largest absolute Gasteiger partial charge is 0.434 e. The molecule has 1 aromatic rings. The molecule has 0 aromatic carbocycles. The molecule has 0 N–H and O–H groups in total. The summed E-state index contributed by atoms with van der Waals surface area (Å²) in [5.41, 5.74) is -0.719. The molecule has 1 aromatic heterocycles. The van der Waals surface area contributed by atoms with Gasteiger partial charge in [0.15, 0.2) is 12.0 Å². The summed E-state index contributed by atoms with van der Waals surface area (Å²) in [6, 6.07) is 1.31. The molecule has 86 valence electrons. The third-order valence-electron chi connectivity index (χ3n) is 2.91. The van der Waals surface area contributed by atoms with Crippen molar-refractivity contribution in [1.29, 1.82) is 0 Å². The van der Waals surface area contributed by atoms with Crippen molar-refractivity contribution in [3.05, 3.63) is 29.1 Å². The van der Waals surface area contributed by atoms with Crippen LogP contribution in [0.15, 0.2) is 12.3 Å². The zero-order valence-corrected chi connectivity index (χ0v) is 8.42. The average molecular weight is 229 g/mol. The molecule has 16 heavy (non-hydrogen) atoms. The molecule has 2 rings (SSSR count). The van der Waals surface area contributed by atoms with E-state index in [1.807, 2.05) is 0 Å². The van der Waals surface area contributed by atoms with Crippen LogP contribution in [0.4, 0.5) is 13.2 Å². The highest BCUT2D eigenvalue weighted by Gasteiger charge is 2.36. The summed E-state index contributed by atoms with van der Waals surface area (Å²) in [5, 5.41) is 0. The number of carbonyl (C=O) groups excluding carboxylic acids is 1. The van der Waals surface area contributed by atoms with Gasteiger partial charge in [-0.2, -0.15) is 13.2 Å². The predicted molar refractivity (Wildman–Crippen MR) is 51.2 cm³/mol. The third kappa shape index (κ3) is 1.94. The summed E-state index contributed by atoms with van der Waals surface area (Å²) < 4.78 is 37.3. The molecule has 0 amide bonds. The Morgan fingerprint density at radius 1 is 1.38 bits per heavy atom. The van der Waals surface area contributed by atoms with Crippen LogP contribution in [0.1, 0.15) is 46.8 Å². The minimum Gasteiger partial charge on any atom is -0.298 e. The smallest absolute Gasteiger partial charge is 0.298 e. The Bertz CT molecular complexity index is 410. The highest BCUT2D eigenvalue weighted by Crippen LogP contribution is 2.38. The van der Waals surface area contributed by atoms with Crippen molar-refractivity contribution in [1.82, 2.24) is 4.98 Å². The van der Waals surface area contributed by atoms with Crippen LogP contribution in [0.25, 0.3) is 0 Å². The van der Waals surface area contributed by atoms with E-state index in [0.717, 1.165) is 24.8 Å². The highest BCUT2D eigenvalue weighted by molar-refractivity contribution is 5.77. The van der Waals surface area contributed by atoms with Gasteiger partial charge in [0.05, 0.1) is 0 Å². The fraction of sp³-hybridized carbons (Fsp3) is 0.455. The van der Waals surface area contributed by atoms with Crippen molar-refractivity contribution in [3.63, 3.8) is 0 Å². The van der Waals surface area contributed by atoms with Crippen LogP contribution in [0.2, 0.25) is 0 Å². The van der Waals surface area contributed by atoms with Gasteiger partial charge in [0, 0.05) is 11.8 Å². The van der Waals surface area contributed by atoms with Gasteiger partial charge in [-0.3, -0.25) is 9.78 Å². The monoisotopic (exact) mass is 229 g/mol. The van der Waals surface area contributed by atoms with Gasteiger partial charge in [0.2, 0.25) is 0 Å². The minimum absolute atomic E-state index is 0.220. The maximum Gasteiger partial charge on any atom is 0.434 e. The van der Waals surface area contributed by atoms with Crippen LogP contribution in [0.3, 0.4) is 0 Å². The van der Waals surface area contributed by atoms with E-state index in [9.17, 15) is 18.0 Å². The molecule has 5 heteroatoms. The second-order valence-electron chi connectivity index (χ2n) is 3.95. The highest BCUT2D eigenvalue weighted by atomic mass is 19.4. The van der Waals surface area contributed by atoms with Crippen LogP contribution in [-0.4, -0.2) is 11.3 Å². The number of carbonyl (C=O) groups is 1. The lowest BCUT2D eigenvalue weighted by molar-refractivity contribution is -0.141. The van der Waals surface area contributed by atoms with Gasteiger partial charge in [0.1, 0.15) is 0 Å². The van der Waals surface area contributed by atoms with E-state index in [2.05, 4.69) is 4.98 Å². The Balaban J connectivity index is 2.38. The number of halogens is 3. The SMILES string of the molecule is O=Cc1cc(C2CCC2)cnc1C(F)(F)F. The molecule has 1 aliphatic carbocycles. The van der Waals surface area contributed by atoms with Crippen LogP contribution in [0.5, 0.6) is 0 Å². The Hall–Kier alpha value is -1.39. The lowest BCUT2D eigenvalue weighted by atomic mass is 9.80. The van der Waals surface area contributed by atoms with Crippen LogP contribution < -0.4 is 0 Å². The molecule has 0 saturated heterocycles. The first-order valence-electron chi connectivity index (χ1n) is 5.04. The summed E-state index contributed by atoms with van der Waals surface area (Å²) in [7, 11) is 0. The van der Waals surface area contributed by atoms with Gasteiger partial charge >= 0.3 is 6.18 Å². The molecule has 0 spiro atoms. The summed E-state index contributed by atoms with van der Waals surface area (Å²) >= 11 is 0. The number of nitrogens with zero attached hydrogens (tertiary/aromatic N) is 1. The number of pyridine rings is 1. The Morgan fingerprint density at radius 2 is 2.06 bits per heavy atom. The lowest BCUT2D eigenvalue weighted by Gasteiger charge is -2.25. The maximum atomic E-state index is 12.4. The minimum atomic E-state index is -4.56. The standard InChI is InChI=1S/C11H10F3NO/c12-11(13,14)10-9(6-16)4-8(5-15-10)7-2-1-3-7/h4-7H,1-3H2. The van der Waals surface area contributed by atoms with E-state index in [0.29, 0.717) is 0 Å². The summed E-state index contributed by atoms with van der Waals surface area (Å²) in [5.74, 6) is 0.272. The molecule has 0 unspecified atom stereocenters. The van der Waals surface area contributed by atoms with Crippen molar-refractivity contribution in [2.75, 3.05) is 0 Å². The summed E-state index contributed by atoms with van der Waals surface area (Å²) in [6.45, 7) is 0. The zero-order chi connectivity index (χ0) is 11.8. The van der Waals surface area contributed by atoms with Crippen LogP contribution in [0, 0.1) is 0 Å². The van der Waals surface area contributed by atoms with Gasteiger partial charge < -0.3 is 0 Å². The molecule has 1 fully saturated rings. The first-order valence-corrected chi connectivity index (χ1v) is 5.04. The number of alkyl halides is 3. The number of hydrogen-bond acceptors (Lipinski definition) is 2. The molecule has 0 radical (unpaired) electrons. The van der Waals surface area contributed by atoms with E-state index in [4.69, 9.17) is 0 Å². The average Bonchev–Trinajstić information content (AvgIpc) is 2.13. The van der Waals surface area contributed by atoms with Gasteiger partial charge in [0.25, 0.3) is 0 Å². The maximum absolute atomic E-state index is 12.4. The van der Waals surface area contributed by atoms with E-state index in [1.165, 1.54) is 12.3 Å². The number of aromatic nitrogens is 1. The molecule has 0 atom stereocenters. The third-order valence-corrected chi connectivity index (χ3v) is 2.91. The number of aldehydes is 1. The second kappa shape index (κ2) is 3.88. The van der Waals surface area contributed by atoms with Crippen molar-refractivity contribution in [2.24, 2.45) is 0 Å². The summed E-state index contributed by atoms with van der Waals surface area (Å²) in [6.07, 6.45) is -0.0924. The number of rotatable bonds is 2. The van der Waals surface area contributed by atoms with Gasteiger partial charge in [-0.15, -0.1) is 0 Å². The van der Waals surface area contributed by atoms with Crippen molar-refractivity contribution in [2.45, 2.75) is 31.4 Å². The molecule has 0 bridgehead atoms. The van der Waals surface area contributed by atoms with Crippen molar-refractivity contribution in [3.8, 4) is 0 Å². The normalized spacial score (nSPS) is 16.9. The van der Waals surface area contributed by atoms with Crippen molar-refractivity contribution >= 4 is 6.29 Å². The Kier molecular flexibility index (Phi) is 2.69. The van der Waals surface area contributed by atoms with Gasteiger partial charge in [-0.05, 0) is 30.4 Å². The molecule has 2 nitrogen and oxygen atoms in total. The van der Waals surface area contributed by atoms with E-state index < -0.39 is 11.9 Å². The van der Waals surface area contributed by atoms with Gasteiger partial charge in [-0.1, -0.05) is 6.42 Å². The Labute approximate surface area is 90.5 Å². The second-order valence-corrected chi connectivity index (χ2v) is 3.95. The van der Waals surface area contributed by atoms with Crippen molar-refractivity contribution < 1.29 is 18.0 Å². The fourth-order valence-corrected chi connectivity index (χ4v) is 1.79. The molecule has 1 saturated carbocycles. The first kappa shape index (κ1) is 11.1. The fourth-order valence-electron chi connectivity index (χ4n) is 1.79. The molecule has 0 aliphatic heterocycles. The van der Waals surface area contributed by atoms with E-state index in [-0.39, 0.29) is 17.8 Å². The van der Waals surface area contributed by atoms with Gasteiger partial charge in [-0.25, -0.2) is 0 Å². The summed E-state index contributed by atoms with van der Waals surface area (Å²) in [4.78, 5) is 14.0. The van der Waals surface area contributed by atoms with Crippen LogP contribution in [-0.2, 0) is 6.18 Å². The van der Waals surface area contributed by atoms with E-state index >= 15 is 0 Å².